The number of carbonyl (C=O) groups is 4. The zero-order chi connectivity index (χ0) is 45.9. The summed E-state index contributed by atoms with van der Waals surface area (Å²) >= 11 is 0. The van der Waals surface area contributed by atoms with Crippen LogP contribution in [0.2, 0.25) is 0 Å². The Morgan fingerprint density at radius 1 is 0.600 bits per heavy atom. The van der Waals surface area contributed by atoms with Crippen LogP contribution in [0, 0.1) is 17.6 Å². The molecule has 0 unspecified atom stereocenters. The molecule has 4 heterocycles. The average Bonchev–Trinajstić information content (AvgIpc) is 4.14. The van der Waals surface area contributed by atoms with Gasteiger partial charge in [-0.1, -0.05) is 50.3 Å². The van der Waals surface area contributed by atoms with Crippen LogP contribution in [0.15, 0.2) is 66.7 Å². The lowest BCUT2D eigenvalue weighted by molar-refractivity contribution is -0.138. The Morgan fingerprint density at radius 3 is 1.66 bits per heavy atom. The molecule has 4 N–H and O–H groups in total. The van der Waals surface area contributed by atoms with Gasteiger partial charge in [0.2, 0.25) is 0 Å². The maximum Gasteiger partial charge on any atom is 0.417 e. The number of nitrogens with zero attached hydrogens (tertiary/aromatic N) is 8. The molecule has 2 saturated carbocycles. The molecule has 6 amide bonds. The van der Waals surface area contributed by atoms with Crippen molar-refractivity contribution < 1.29 is 41.1 Å². The highest BCUT2D eigenvalue weighted by Gasteiger charge is 2.36. The fourth-order valence-corrected chi connectivity index (χ4v) is 7.89. The molecule has 346 valence electrons. The van der Waals surface area contributed by atoms with Crippen LogP contribution >= 0.6 is 0 Å². The van der Waals surface area contributed by atoms with E-state index in [4.69, 9.17) is 0 Å². The fraction of sp³-hybridized carbons (Fsp3) is 0.455. The van der Waals surface area contributed by atoms with Gasteiger partial charge in [0, 0.05) is 64.9 Å². The van der Waals surface area contributed by atoms with E-state index in [1.54, 1.807) is 24.3 Å². The van der Waals surface area contributed by atoms with Crippen LogP contribution in [-0.4, -0.2) is 119 Å². The third-order valence-corrected chi connectivity index (χ3v) is 11.7. The number of carbonyl (C=O) groups excluding carboxylic acids is 4. The number of rotatable bonds is 10. The van der Waals surface area contributed by atoms with E-state index in [1.165, 1.54) is 53.3 Å². The summed E-state index contributed by atoms with van der Waals surface area (Å²) in [5.74, 6) is -0.427. The van der Waals surface area contributed by atoms with Crippen molar-refractivity contribution in [3.63, 3.8) is 0 Å². The number of aromatic nitrogens is 4. The molecule has 2 aromatic heterocycles. The predicted molar refractivity (Wildman–Crippen MR) is 231 cm³/mol. The van der Waals surface area contributed by atoms with Crippen molar-refractivity contribution in [2.45, 2.75) is 63.6 Å². The highest BCUT2D eigenvalue weighted by Crippen LogP contribution is 2.33. The summed E-state index contributed by atoms with van der Waals surface area (Å²) in [5.41, 5.74) is -1.80. The molecule has 4 aromatic rings. The summed E-state index contributed by atoms with van der Waals surface area (Å²) in [7, 11) is 0. The Hall–Kier alpha value is -6.67. The second-order valence-electron chi connectivity index (χ2n) is 16.3. The van der Waals surface area contributed by atoms with Crippen molar-refractivity contribution in [1.82, 2.24) is 40.8 Å². The van der Waals surface area contributed by atoms with E-state index in [9.17, 15) is 41.1 Å². The number of nitrogens with one attached hydrogen (secondary N) is 4. The summed E-state index contributed by atoms with van der Waals surface area (Å²) < 4.78 is 67.6. The minimum absolute atomic E-state index is 0.183. The van der Waals surface area contributed by atoms with Crippen molar-refractivity contribution in [1.29, 1.82) is 0 Å². The highest BCUT2D eigenvalue weighted by atomic mass is 19.4. The van der Waals surface area contributed by atoms with E-state index in [0.717, 1.165) is 56.2 Å². The fourth-order valence-electron chi connectivity index (χ4n) is 7.89. The van der Waals surface area contributed by atoms with Gasteiger partial charge < -0.3 is 30.2 Å². The smallest absolute Gasteiger partial charge is 0.352 e. The van der Waals surface area contributed by atoms with Crippen molar-refractivity contribution in [2.24, 2.45) is 5.92 Å². The molecular formula is C44H51F5N12O4. The zero-order valence-electron chi connectivity index (χ0n) is 35.6. The van der Waals surface area contributed by atoms with Crippen LogP contribution < -0.4 is 31.1 Å². The van der Waals surface area contributed by atoms with Crippen LogP contribution in [0.5, 0.6) is 0 Å². The van der Waals surface area contributed by atoms with Gasteiger partial charge in [0.05, 0.1) is 11.1 Å². The van der Waals surface area contributed by atoms with E-state index in [0.29, 0.717) is 69.1 Å². The SMILES string of the molecule is O=C(NCCC1CC1)Nc1ccc(N2CCN(C(=O)c3c(F)cccc3F)CC2)nn1.O=C(Nc1ccc(N2CCN(C(=O)c3ccccc3C(F)(F)F)CC2)nn1)NC1CCCCC1. The molecule has 2 aliphatic carbocycles. The first-order chi connectivity index (χ1) is 31.3. The van der Waals surface area contributed by atoms with Crippen LogP contribution in [0.3, 0.4) is 0 Å². The van der Waals surface area contributed by atoms with Gasteiger partial charge in [0.25, 0.3) is 11.8 Å². The van der Waals surface area contributed by atoms with Gasteiger partial charge in [-0.2, -0.15) is 13.2 Å². The Labute approximate surface area is 372 Å². The van der Waals surface area contributed by atoms with E-state index in [-0.39, 0.29) is 36.8 Å². The topological polar surface area (TPSA) is 181 Å². The number of hydrogen-bond donors (Lipinski definition) is 4. The highest BCUT2D eigenvalue weighted by molar-refractivity contribution is 5.96. The normalized spacial score (nSPS) is 16.8. The summed E-state index contributed by atoms with van der Waals surface area (Å²) in [5, 5.41) is 27.5. The zero-order valence-corrected chi connectivity index (χ0v) is 35.6. The number of amides is 6. The second-order valence-corrected chi connectivity index (χ2v) is 16.3. The van der Waals surface area contributed by atoms with Crippen molar-refractivity contribution in [3.05, 3.63) is 95.1 Å². The summed E-state index contributed by atoms with van der Waals surface area (Å²) in [4.78, 5) is 55.9. The maximum absolute atomic E-state index is 13.9. The molecule has 2 aromatic carbocycles. The van der Waals surface area contributed by atoms with Crippen LogP contribution in [-0.2, 0) is 6.18 Å². The van der Waals surface area contributed by atoms with Crippen molar-refractivity contribution >= 4 is 47.1 Å². The third kappa shape index (κ3) is 12.7. The monoisotopic (exact) mass is 906 g/mol. The molecule has 65 heavy (non-hydrogen) atoms. The first-order valence-corrected chi connectivity index (χ1v) is 21.8. The first kappa shape index (κ1) is 46.3. The number of halogens is 5. The van der Waals surface area contributed by atoms with E-state index in [1.807, 2.05) is 9.80 Å². The number of alkyl halides is 3. The minimum atomic E-state index is -4.59. The van der Waals surface area contributed by atoms with E-state index in [2.05, 4.69) is 41.7 Å². The number of benzene rings is 2. The molecule has 0 bridgehead atoms. The molecule has 0 radical (unpaired) electrons. The minimum Gasteiger partial charge on any atom is -0.352 e. The molecule has 4 aliphatic rings. The quantitative estimate of drug-likeness (QED) is 0.128. The average molecular weight is 907 g/mol. The number of hydrogen-bond acceptors (Lipinski definition) is 10. The molecule has 0 spiro atoms. The molecule has 21 heteroatoms. The van der Waals surface area contributed by atoms with Gasteiger partial charge in [-0.3, -0.25) is 20.2 Å². The third-order valence-electron chi connectivity index (χ3n) is 11.7. The molecule has 2 aliphatic heterocycles. The van der Waals surface area contributed by atoms with E-state index < -0.39 is 40.8 Å². The number of piperazine rings is 2. The first-order valence-electron chi connectivity index (χ1n) is 21.8. The van der Waals surface area contributed by atoms with Gasteiger partial charge in [-0.05, 0) is 73.7 Å². The molecule has 16 nitrogen and oxygen atoms in total. The molecule has 0 atom stereocenters. The lowest BCUT2D eigenvalue weighted by Gasteiger charge is -2.35. The molecule has 8 rings (SSSR count). The Balaban J connectivity index is 0.000000195. The van der Waals surface area contributed by atoms with Crippen LogP contribution in [0.25, 0.3) is 0 Å². The van der Waals surface area contributed by atoms with Crippen molar-refractivity contribution in [3.8, 4) is 0 Å². The van der Waals surface area contributed by atoms with Crippen LogP contribution in [0.4, 0.5) is 54.8 Å². The summed E-state index contributed by atoms with van der Waals surface area (Å²) in [6.07, 6.45) is 4.30. The predicted octanol–water partition coefficient (Wildman–Crippen LogP) is 6.55. The van der Waals surface area contributed by atoms with Gasteiger partial charge >= 0.3 is 18.2 Å². The standard InChI is InChI=1S/C23H27F3N6O2.C21H24F2N6O2/c24-23(25,26)18-9-5-4-8-17(18)21(33)32-14-12-31(13-15-32)20-11-10-19(29-30-20)28-22(34)27-16-6-2-1-3-7-16;22-15-2-1-3-16(23)19(15)20(30)29-12-10-28(11-13-29)18-7-6-17(26-27-18)25-21(31)24-9-8-14-4-5-14/h4-5,8-11,16H,1-3,6-7,12-15H2,(H2,27,28,29,34);1-3,6-7,14H,4-5,8-13H2,(H2,24,25,26,31). The van der Waals surface area contributed by atoms with Gasteiger partial charge in [0.15, 0.2) is 23.3 Å². The Bertz CT molecular complexity index is 2240. The van der Waals surface area contributed by atoms with Crippen molar-refractivity contribution in [2.75, 3.05) is 79.3 Å². The molecular weight excluding hydrogens is 856 g/mol. The summed E-state index contributed by atoms with van der Waals surface area (Å²) in [6, 6.07) is 14.6. The van der Waals surface area contributed by atoms with Crippen LogP contribution in [0.1, 0.15) is 77.6 Å². The van der Waals surface area contributed by atoms with Gasteiger partial charge in [-0.15, -0.1) is 20.4 Å². The molecule has 4 fully saturated rings. The summed E-state index contributed by atoms with van der Waals surface area (Å²) in [6.45, 7) is 3.48. The number of urea groups is 2. The molecule has 2 saturated heterocycles. The lowest BCUT2D eigenvalue weighted by Crippen LogP contribution is -2.49. The largest absolute Gasteiger partial charge is 0.417 e. The lowest BCUT2D eigenvalue weighted by atomic mass is 9.96. The number of anilines is 4. The Morgan fingerprint density at radius 2 is 1.14 bits per heavy atom. The Kier molecular flexibility index (Phi) is 15.2. The van der Waals surface area contributed by atoms with Gasteiger partial charge in [0.1, 0.15) is 17.2 Å². The van der Waals surface area contributed by atoms with E-state index >= 15 is 0 Å². The second kappa shape index (κ2) is 21.3. The maximum atomic E-state index is 13.9. The van der Waals surface area contributed by atoms with Gasteiger partial charge in [-0.25, -0.2) is 18.4 Å².